The average molecular weight is 180 g/mol. The van der Waals surface area contributed by atoms with Crippen LogP contribution >= 0.6 is 0 Å². The van der Waals surface area contributed by atoms with E-state index in [4.69, 9.17) is 0 Å². The van der Waals surface area contributed by atoms with Gasteiger partial charge in [-0.25, -0.2) is 0 Å². The third-order valence-corrected chi connectivity index (χ3v) is 3.54. The predicted octanol–water partition coefficient (Wildman–Crippen LogP) is 0.455. The molecular weight excluding hydrogens is 164 g/mol. The minimum Gasteiger partial charge on any atom is -0.336 e. The molecule has 3 nitrogen and oxygen atoms in total. The van der Waals surface area contributed by atoms with Crippen molar-refractivity contribution in [3.05, 3.63) is 0 Å². The summed E-state index contributed by atoms with van der Waals surface area (Å²) in [6.07, 6.45) is 4.93. The van der Waals surface area contributed by atoms with Gasteiger partial charge in [-0.05, 0) is 25.7 Å². The van der Waals surface area contributed by atoms with E-state index in [1.54, 1.807) is 0 Å². The molecule has 4 fully saturated rings. The van der Waals surface area contributed by atoms with Crippen LogP contribution in [0.25, 0.3) is 0 Å². The molecule has 2 bridgehead atoms. The summed E-state index contributed by atoms with van der Waals surface area (Å²) in [6, 6.07) is 1.20. The molecule has 3 aliphatic heterocycles. The van der Waals surface area contributed by atoms with Gasteiger partial charge in [-0.3, -0.25) is 9.69 Å². The van der Waals surface area contributed by atoms with Crippen molar-refractivity contribution in [2.24, 2.45) is 0 Å². The van der Waals surface area contributed by atoms with E-state index in [9.17, 15) is 4.79 Å². The van der Waals surface area contributed by atoms with Gasteiger partial charge in [-0.1, -0.05) is 0 Å². The standard InChI is InChI=1S/C10H16N2O/c13-10-7-11-5-3-9(4-6-11)12(10)8-1-2-8/h8-9H,1-7H2. The quantitative estimate of drug-likeness (QED) is 0.585. The molecular formula is C10H16N2O. The lowest BCUT2D eigenvalue weighted by Crippen LogP contribution is -2.41. The maximum Gasteiger partial charge on any atom is 0.237 e. The fraction of sp³-hybridized carbons (Fsp3) is 0.900. The summed E-state index contributed by atoms with van der Waals surface area (Å²) >= 11 is 0. The summed E-state index contributed by atoms with van der Waals surface area (Å²) in [4.78, 5) is 16.3. The fourth-order valence-corrected chi connectivity index (χ4v) is 2.69. The normalized spacial score (nSPS) is 39.4. The van der Waals surface area contributed by atoms with Crippen LogP contribution in [0.2, 0.25) is 0 Å². The van der Waals surface area contributed by atoms with Crippen molar-refractivity contribution in [2.45, 2.75) is 37.8 Å². The zero-order chi connectivity index (χ0) is 8.84. The number of carbonyl (C=O) groups is 1. The molecule has 1 amide bonds. The number of rotatable bonds is 1. The Bertz CT molecular complexity index is 229. The molecule has 0 aromatic carbocycles. The number of nitrogens with zero attached hydrogens (tertiary/aromatic N) is 2. The van der Waals surface area contributed by atoms with Gasteiger partial charge in [0.25, 0.3) is 0 Å². The Morgan fingerprint density at radius 2 is 1.62 bits per heavy atom. The van der Waals surface area contributed by atoms with Gasteiger partial charge in [0.15, 0.2) is 0 Å². The second-order valence-electron chi connectivity index (χ2n) is 4.54. The summed E-state index contributed by atoms with van der Waals surface area (Å²) in [5.74, 6) is 0.391. The van der Waals surface area contributed by atoms with E-state index < -0.39 is 0 Å². The summed E-state index contributed by atoms with van der Waals surface area (Å²) < 4.78 is 0. The second kappa shape index (κ2) is 2.71. The largest absolute Gasteiger partial charge is 0.336 e. The highest BCUT2D eigenvalue weighted by Gasteiger charge is 2.41. The van der Waals surface area contributed by atoms with Crippen LogP contribution in [0.1, 0.15) is 25.7 Å². The Balaban J connectivity index is 1.86. The molecule has 0 aromatic rings. The van der Waals surface area contributed by atoms with Crippen molar-refractivity contribution in [3.8, 4) is 0 Å². The molecule has 1 saturated carbocycles. The molecule has 3 saturated heterocycles. The zero-order valence-electron chi connectivity index (χ0n) is 7.91. The first kappa shape index (κ1) is 7.80. The van der Waals surface area contributed by atoms with E-state index in [2.05, 4.69) is 9.80 Å². The number of hydrogen-bond acceptors (Lipinski definition) is 2. The van der Waals surface area contributed by atoms with E-state index in [1.807, 2.05) is 0 Å². The molecule has 13 heavy (non-hydrogen) atoms. The number of piperidine rings is 1. The third kappa shape index (κ3) is 1.26. The van der Waals surface area contributed by atoms with Crippen LogP contribution in [0, 0.1) is 0 Å². The topological polar surface area (TPSA) is 23.6 Å². The molecule has 0 radical (unpaired) electrons. The molecule has 0 aromatic heterocycles. The van der Waals surface area contributed by atoms with Crippen LogP contribution in [-0.4, -0.2) is 47.4 Å². The van der Waals surface area contributed by atoms with E-state index >= 15 is 0 Å². The monoisotopic (exact) mass is 180 g/mol. The Morgan fingerprint density at radius 1 is 1.00 bits per heavy atom. The Kier molecular flexibility index (Phi) is 1.62. The average Bonchev–Trinajstić information content (AvgIpc) is 2.89. The van der Waals surface area contributed by atoms with Crippen LogP contribution in [0.15, 0.2) is 0 Å². The minimum absolute atomic E-state index is 0.391. The van der Waals surface area contributed by atoms with Crippen LogP contribution in [0.4, 0.5) is 0 Å². The Hall–Kier alpha value is -0.570. The van der Waals surface area contributed by atoms with Gasteiger partial charge in [0, 0.05) is 25.2 Å². The lowest BCUT2D eigenvalue weighted by molar-refractivity contribution is -0.132. The van der Waals surface area contributed by atoms with Crippen molar-refractivity contribution >= 4 is 5.91 Å². The Labute approximate surface area is 78.7 Å². The van der Waals surface area contributed by atoms with Crippen molar-refractivity contribution in [2.75, 3.05) is 19.6 Å². The van der Waals surface area contributed by atoms with E-state index in [0.29, 0.717) is 24.5 Å². The summed E-state index contributed by atoms with van der Waals surface area (Å²) in [7, 11) is 0. The lowest BCUT2D eigenvalue weighted by Gasteiger charge is -2.31. The van der Waals surface area contributed by atoms with Crippen LogP contribution < -0.4 is 0 Å². The first-order valence-electron chi connectivity index (χ1n) is 5.38. The minimum atomic E-state index is 0.391. The van der Waals surface area contributed by atoms with Crippen molar-refractivity contribution in [3.63, 3.8) is 0 Å². The van der Waals surface area contributed by atoms with E-state index in [0.717, 1.165) is 13.1 Å². The third-order valence-electron chi connectivity index (χ3n) is 3.54. The highest BCUT2D eigenvalue weighted by Crippen LogP contribution is 2.33. The molecule has 3 heterocycles. The molecule has 72 valence electrons. The number of fused-ring (bicyclic) bond motifs is 4. The zero-order valence-corrected chi connectivity index (χ0v) is 7.91. The van der Waals surface area contributed by atoms with Crippen LogP contribution in [0.3, 0.4) is 0 Å². The van der Waals surface area contributed by atoms with Crippen LogP contribution in [-0.2, 0) is 4.79 Å². The van der Waals surface area contributed by atoms with Crippen molar-refractivity contribution in [1.82, 2.24) is 9.80 Å². The molecule has 4 rings (SSSR count). The maximum atomic E-state index is 11.8. The van der Waals surface area contributed by atoms with Gasteiger partial charge in [-0.15, -0.1) is 0 Å². The van der Waals surface area contributed by atoms with E-state index in [-0.39, 0.29) is 0 Å². The molecule has 0 spiro atoms. The van der Waals surface area contributed by atoms with Gasteiger partial charge >= 0.3 is 0 Å². The first-order chi connectivity index (χ1) is 6.34. The lowest BCUT2D eigenvalue weighted by atomic mass is 10.1. The van der Waals surface area contributed by atoms with E-state index in [1.165, 1.54) is 25.7 Å². The highest BCUT2D eigenvalue weighted by molar-refractivity contribution is 5.79. The summed E-state index contributed by atoms with van der Waals surface area (Å²) in [5, 5.41) is 0. The molecule has 1 aliphatic carbocycles. The number of amides is 1. The van der Waals surface area contributed by atoms with Gasteiger partial charge in [0.2, 0.25) is 5.91 Å². The molecule has 0 atom stereocenters. The molecule has 3 heteroatoms. The van der Waals surface area contributed by atoms with Crippen LogP contribution in [0.5, 0.6) is 0 Å². The molecule has 4 aliphatic rings. The van der Waals surface area contributed by atoms with Gasteiger partial charge < -0.3 is 4.90 Å². The summed E-state index contributed by atoms with van der Waals surface area (Å²) in [5.41, 5.74) is 0. The van der Waals surface area contributed by atoms with Gasteiger partial charge in [-0.2, -0.15) is 0 Å². The number of carbonyl (C=O) groups excluding carboxylic acids is 1. The smallest absolute Gasteiger partial charge is 0.237 e. The first-order valence-corrected chi connectivity index (χ1v) is 5.38. The highest BCUT2D eigenvalue weighted by atomic mass is 16.2. The second-order valence-corrected chi connectivity index (χ2v) is 4.54. The SMILES string of the molecule is O=C1CN2CCC(CC2)N1C1CC1. The van der Waals surface area contributed by atoms with Gasteiger partial charge in [0.05, 0.1) is 6.54 Å². The Morgan fingerprint density at radius 3 is 2.23 bits per heavy atom. The summed E-state index contributed by atoms with van der Waals surface area (Å²) in [6.45, 7) is 2.96. The maximum absolute atomic E-state index is 11.8. The predicted molar refractivity (Wildman–Crippen MR) is 49.3 cm³/mol. The number of hydrogen-bond donors (Lipinski definition) is 0. The fourth-order valence-electron chi connectivity index (χ4n) is 2.69. The molecule has 0 unspecified atom stereocenters. The van der Waals surface area contributed by atoms with Crippen molar-refractivity contribution in [1.29, 1.82) is 0 Å². The van der Waals surface area contributed by atoms with Crippen molar-refractivity contribution < 1.29 is 4.79 Å². The van der Waals surface area contributed by atoms with Gasteiger partial charge in [0.1, 0.15) is 0 Å². The molecule has 0 N–H and O–H groups in total.